The van der Waals surface area contributed by atoms with Crippen LogP contribution in [-0.2, 0) is 22.7 Å². The summed E-state index contributed by atoms with van der Waals surface area (Å²) in [6.07, 6.45) is 0. The quantitative estimate of drug-likeness (QED) is 0.536. The molecular formula is C26H26ClNO4. The molecule has 166 valence electrons. The normalized spacial score (nSPS) is 16.6. The van der Waals surface area contributed by atoms with Crippen LogP contribution < -0.4 is 4.74 Å². The average molecular weight is 452 g/mol. The van der Waals surface area contributed by atoms with Crippen LogP contribution in [0.5, 0.6) is 5.75 Å². The van der Waals surface area contributed by atoms with Crippen molar-refractivity contribution in [1.82, 2.24) is 4.90 Å². The fourth-order valence-corrected chi connectivity index (χ4v) is 4.23. The molecule has 1 fully saturated rings. The van der Waals surface area contributed by atoms with Crippen LogP contribution in [0.2, 0.25) is 5.02 Å². The third-order valence-corrected chi connectivity index (χ3v) is 6.12. The van der Waals surface area contributed by atoms with Crippen LogP contribution in [0.15, 0.2) is 66.7 Å². The second-order valence-electron chi connectivity index (χ2n) is 7.91. The highest BCUT2D eigenvalue weighted by atomic mass is 35.5. The first kappa shape index (κ1) is 22.3. The van der Waals surface area contributed by atoms with Gasteiger partial charge in [-0.1, -0.05) is 66.2 Å². The minimum absolute atomic E-state index is 0.200. The molecule has 0 spiro atoms. The molecule has 1 N–H and O–H groups in total. The molecule has 1 aliphatic rings. The molecule has 0 radical (unpaired) electrons. The number of carboxylic acid groups (broad SMARTS) is 1. The van der Waals surface area contributed by atoms with Crippen molar-refractivity contribution in [3.8, 4) is 16.9 Å². The first-order valence-electron chi connectivity index (χ1n) is 10.6. The van der Waals surface area contributed by atoms with E-state index in [-0.39, 0.29) is 6.61 Å². The van der Waals surface area contributed by atoms with Crippen LogP contribution in [0.3, 0.4) is 0 Å². The van der Waals surface area contributed by atoms with E-state index < -0.39 is 12.0 Å². The first-order valence-corrected chi connectivity index (χ1v) is 11.0. The lowest BCUT2D eigenvalue weighted by molar-refractivity contribution is -0.150. The van der Waals surface area contributed by atoms with Crippen LogP contribution in [0, 0.1) is 6.92 Å². The van der Waals surface area contributed by atoms with Gasteiger partial charge in [-0.25, -0.2) is 0 Å². The van der Waals surface area contributed by atoms with Crippen LogP contribution >= 0.6 is 11.6 Å². The molecule has 1 aliphatic heterocycles. The van der Waals surface area contributed by atoms with E-state index in [2.05, 4.69) is 31.2 Å². The molecule has 0 aliphatic carbocycles. The predicted octanol–water partition coefficient (Wildman–Crippen LogP) is 5.18. The number of ether oxygens (including phenoxy) is 2. The zero-order chi connectivity index (χ0) is 22.5. The molecule has 3 aromatic rings. The molecule has 3 aromatic carbocycles. The van der Waals surface area contributed by atoms with Crippen molar-refractivity contribution in [1.29, 1.82) is 0 Å². The number of hydrogen-bond acceptors (Lipinski definition) is 4. The number of morpholine rings is 1. The van der Waals surface area contributed by atoms with Crippen molar-refractivity contribution < 1.29 is 19.4 Å². The molecule has 0 bridgehead atoms. The number of aliphatic carboxylic acids is 1. The number of rotatable bonds is 7. The van der Waals surface area contributed by atoms with E-state index in [1.807, 2.05) is 47.4 Å². The molecule has 6 heteroatoms. The van der Waals surface area contributed by atoms with E-state index >= 15 is 0 Å². The lowest BCUT2D eigenvalue weighted by Gasteiger charge is -2.32. The van der Waals surface area contributed by atoms with Gasteiger partial charge in [0.15, 0.2) is 0 Å². The van der Waals surface area contributed by atoms with Gasteiger partial charge in [0.05, 0.1) is 18.2 Å². The van der Waals surface area contributed by atoms with E-state index in [1.165, 1.54) is 16.7 Å². The third kappa shape index (κ3) is 5.13. The van der Waals surface area contributed by atoms with Crippen molar-refractivity contribution in [2.45, 2.75) is 26.1 Å². The Labute approximate surface area is 193 Å². The average Bonchev–Trinajstić information content (AvgIpc) is 2.80. The van der Waals surface area contributed by atoms with E-state index in [4.69, 9.17) is 21.1 Å². The molecule has 5 nitrogen and oxygen atoms in total. The zero-order valence-electron chi connectivity index (χ0n) is 18.0. The topological polar surface area (TPSA) is 59.0 Å². The lowest BCUT2D eigenvalue weighted by Crippen LogP contribution is -2.49. The van der Waals surface area contributed by atoms with Crippen molar-refractivity contribution in [2.24, 2.45) is 0 Å². The van der Waals surface area contributed by atoms with Gasteiger partial charge in [-0.3, -0.25) is 9.69 Å². The fraction of sp³-hybridized carbons (Fsp3) is 0.269. The Kier molecular flexibility index (Phi) is 7.10. The van der Waals surface area contributed by atoms with E-state index in [0.717, 1.165) is 11.1 Å². The Morgan fingerprint density at radius 1 is 1.16 bits per heavy atom. The maximum atomic E-state index is 11.5. The summed E-state index contributed by atoms with van der Waals surface area (Å²) in [6.45, 7) is 4.32. The molecule has 0 aromatic heterocycles. The zero-order valence-corrected chi connectivity index (χ0v) is 18.7. The van der Waals surface area contributed by atoms with Crippen molar-refractivity contribution >= 4 is 17.6 Å². The number of carboxylic acids is 1. The maximum Gasteiger partial charge on any atom is 0.323 e. The van der Waals surface area contributed by atoms with Crippen LogP contribution in [0.25, 0.3) is 11.1 Å². The summed E-state index contributed by atoms with van der Waals surface area (Å²) >= 11 is 6.49. The fourth-order valence-electron chi connectivity index (χ4n) is 3.97. The standard InChI is InChI=1S/C26H26ClNO4/c1-18-21(8-5-9-22(18)20-6-3-2-4-7-20)16-32-25-11-10-19(14-23(25)27)15-28-12-13-31-17-24(28)26(29)30/h2-11,14,24H,12-13,15-17H2,1H3,(H,29,30). The SMILES string of the molecule is Cc1c(COc2ccc(CN3CCOCC3C(=O)O)cc2Cl)cccc1-c1ccccc1. The molecule has 4 rings (SSSR count). The number of halogens is 1. The molecule has 1 unspecified atom stereocenters. The van der Waals surface area contributed by atoms with Gasteiger partial charge < -0.3 is 14.6 Å². The van der Waals surface area contributed by atoms with Gasteiger partial charge in [0.25, 0.3) is 0 Å². The Hall–Kier alpha value is -2.86. The van der Waals surface area contributed by atoms with Gasteiger partial charge >= 0.3 is 5.97 Å². The molecule has 0 amide bonds. The van der Waals surface area contributed by atoms with Crippen molar-refractivity contribution in [3.63, 3.8) is 0 Å². The number of benzene rings is 3. The minimum atomic E-state index is -0.871. The second-order valence-corrected chi connectivity index (χ2v) is 8.32. The van der Waals surface area contributed by atoms with Crippen LogP contribution in [0.1, 0.15) is 16.7 Å². The summed E-state index contributed by atoms with van der Waals surface area (Å²) in [7, 11) is 0. The largest absolute Gasteiger partial charge is 0.487 e. The third-order valence-electron chi connectivity index (χ3n) is 5.82. The Morgan fingerprint density at radius 2 is 1.97 bits per heavy atom. The smallest absolute Gasteiger partial charge is 0.323 e. The molecule has 0 saturated carbocycles. The summed E-state index contributed by atoms with van der Waals surface area (Å²) in [5.41, 5.74) is 5.59. The Morgan fingerprint density at radius 3 is 2.72 bits per heavy atom. The Balaban J connectivity index is 1.44. The molecule has 1 heterocycles. The highest BCUT2D eigenvalue weighted by molar-refractivity contribution is 6.32. The van der Waals surface area contributed by atoms with Crippen molar-refractivity contribution in [2.75, 3.05) is 19.8 Å². The summed E-state index contributed by atoms with van der Waals surface area (Å²) in [4.78, 5) is 13.4. The summed E-state index contributed by atoms with van der Waals surface area (Å²) in [6, 6.07) is 21.5. The van der Waals surface area contributed by atoms with Crippen LogP contribution in [0.4, 0.5) is 0 Å². The molecule has 32 heavy (non-hydrogen) atoms. The van der Waals surface area contributed by atoms with Gasteiger partial charge in [-0.05, 0) is 46.9 Å². The van der Waals surface area contributed by atoms with E-state index in [9.17, 15) is 9.90 Å². The highest BCUT2D eigenvalue weighted by Crippen LogP contribution is 2.30. The number of carbonyl (C=O) groups is 1. The van der Waals surface area contributed by atoms with Gasteiger partial charge in [-0.2, -0.15) is 0 Å². The van der Waals surface area contributed by atoms with Gasteiger partial charge in [0.1, 0.15) is 18.4 Å². The number of nitrogens with zero attached hydrogens (tertiary/aromatic N) is 1. The number of hydrogen-bond donors (Lipinski definition) is 1. The van der Waals surface area contributed by atoms with E-state index in [0.29, 0.717) is 37.1 Å². The van der Waals surface area contributed by atoms with Gasteiger partial charge in [-0.15, -0.1) is 0 Å². The molecular weight excluding hydrogens is 426 g/mol. The summed E-state index contributed by atoms with van der Waals surface area (Å²) < 4.78 is 11.3. The first-order chi connectivity index (χ1) is 15.5. The molecule has 1 saturated heterocycles. The summed E-state index contributed by atoms with van der Waals surface area (Å²) in [5.74, 6) is -0.263. The predicted molar refractivity (Wildman–Crippen MR) is 125 cm³/mol. The monoisotopic (exact) mass is 451 g/mol. The van der Waals surface area contributed by atoms with E-state index in [1.54, 1.807) is 0 Å². The Bertz CT molecular complexity index is 1090. The van der Waals surface area contributed by atoms with Crippen LogP contribution in [-0.4, -0.2) is 41.8 Å². The minimum Gasteiger partial charge on any atom is -0.487 e. The maximum absolute atomic E-state index is 11.5. The lowest BCUT2D eigenvalue weighted by atomic mass is 9.97. The highest BCUT2D eigenvalue weighted by Gasteiger charge is 2.29. The van der Waals surface area contributed by atoms with Gasteiger partial charge in [0, 0.05) is 13.1 Å². The molecule has 1 atom stereocenters. The second kappa shape index (κ2) is 10.2. The van der Waals surface area contributed by atoms with Crippen molar-refractivity contribution in [3.05, 3.63) is 88.4 Å². The summed E-state index contributed by atoms with van der Waals surface area (Å²) in [5, 5.41) is 9.92. The van der Waals surface area contributed by atoms with Gasteiger partial charge in [0.2, 0.25) is 0 Å².